The highest BCUT2D eigenvalue weighted by molar-refractivity contribution is 5.03. The minimum absolute atomic E-state index is 0.0556. The van der Waals surface area contributed by atoms with E-state index in [0.717, 1.165) is 6.42 Å². The molecule has 7 heavy (non-hydrogen) atoms. The van der Waals surface area contributed by atoms with Crippen molar-refractivity contribution in [2.75, 3.05) is 0 Å². The largest absolute Gasteiger partial charge is 0.386 e. The molecule has 0 bridgehead atoms. The summed E-state index contributed by atoms with van der Waals surface area (Å²) in [5, 5.41) is 2.83. The highest BCUT2D eigenvalue weighted by atomic mass is 15.1. The molecule has 0 aliphatic carbocycles. The van der Waals surface area contributed by atoms with E-state index in [9.17, 15) is 0 Å². The fourth-order valence-electron chi connectivity index (χ4n) is 0.586. The molecule has 0 aromatic carbocycles. The molecule has 1 atom stereocenters. The summed E-state index contributed by atoms with van der Waals surface area (Å²) in [6, 6.07) is 0. The van der Waals surface area contributed by atoms with E-state index < -0.39 is 0 Å². The van der Waals surface area contributed by atoms with Crippen molar-refractivity contribution in [2.45, 2.75) is 12.6 Å². The van der Waals surface area contributed by atoms with Crippen LogP contribution in [0.5, 0.6) is 0 Å². The molecule has 0 saturated heterocycles. The standard InChI is InChI=1S/C4H9N3/c5-3-1-2-4(6)7-3/h1,4,7H,2,5-6H2. The van der Waals surface area contributed by atoms with Gasteiger partial charge in [0.1, 0.15) is 0 Å². The lowest BCUT2D eigenvalue weighted by Crippen LogP contribution is -2.33. The van der Waals surface area contributed by atoms with E-state index in [0.29, 0.717) is 5.82 Å². The molecule has 0 amide bonds. The SMILES string of the molecule is NC1=CCC(N)N1. The average Bonchev–Trinajstić information content (AvgIpc) is 1.87. The minimum atomic E-state index is 0.0556. The zero-order chi connectivity index (χ0) is 5.28. The van der Waals surface area contributed by atoms with E-state index in [-0.39, 0.29) is 6.17 Å². The molecule has 0 fully saturated rings. The van der Waals surface area contributed by atoms with Crippen molar-refractivity contribution in [3.05, 3.63) is 11.9 Å². The van der Waals surface area contributed by atoms with Crippen LogP contribution in [0, 0.1) is 0 Å². The van der Waals surface area contributed by atoms with Crippen molar-refractivity contribution in [2.24, 2.45) is 11.5 Å². The summed E-state index contributed by atoms with van der Waals surface area (Å²) in [4.78, 5) is 0. The molecule has 5 N–H and O–H groups in total. The first-order valence-corrected chi connectivity index (χ1v) is 2.27. The smallest absolute Gasteiger partial charge is 0.0932 e. The average molecular weight is 99.1 g/mol. The summed E-state index contributed by atoms with van der Waals surface area (Å²) in [6.45, 7) is 0. The zero-order valence-corrected chi connectivity index (χ0v) is 4.02. The third-order valence-corrected chi connectivity index (χ3v) is 0.944. The number of rotatable bonds is 0. The maximum absolute atomic E-state index is 5.38. The molecular formula is C4H9N3. The van der Waals surface area contributed by atoms with Gasteiger partial charge < -0.3 is 16.8 Å². The van der Waals surface area contributed by atoms with Crippen molar-refractivity contribution in [3.63, 3.8) is 0 Å². The van der Waals surface area contributed by atoms with Gasteiger partial charge >= 0.3 is 0 Å². The summed E-state index contributed by atoms with van der Waals surface area (Å²) >= 11 is 0. The summed E-state index contributed by atoms with van der Waals surface area (Å²) in [5.41, 5.74) is 10.7. The topological polar surface area (TPSA) is 64.1 Å². The lowest BCUT2D eigenvalue weighted by molar-refractivity contribution is 0.637. The molecule has 0 radical (unpaired) electrons. The Morgan fingerprint density at radius 1 is 1.86 bits per heavy atom. The second-order valence-corrected chi connectivity index (χ2v) is 1.65. The monoisotopic (exact) mass is 99.1 g/mol. The van der Waals surface area contributed by atoms with Crippen molar-refractivity contribution >= 4 is 0 Å². The summed E-state index contributed by atoms with van der Waals surface area (Å²) in [6.07, 6.45) is 2.79. The van der Waals surface area contributed by atoms with Crippen LogP contribution in [0.1, 0.15) is 6.42 Å². The maximum atomic E-state index is 5.38. The second kappa shape index (κ2) is 1.42. The third-order valence-electron chi connectivity index (χ3n) is 0.944. The van der Waals surface area contributed by atoms with E-state index in [1.807, 2.05) is 6.08 Å². The van der Waals surface area contributed by atoms with Crippen LogP contribution in [-0.4, -0.2) is 6.17 Å². The van der Waals surface area contributed by atoms with Crippen molar-refractivity contribution in [1.82, 2.24) is 5.32 Å². The molecule has 1 aliphatic rings. The van der Waals surface area contributed by atoms with Gasteiger partial charge in [-0.1, -0.05) is 0 Å². The van der Waals surface area contributed by atoms with E-state index in [2.05, 4.69) is 5.32 Å². The van der Waals surface area contributed by atoms with E-state index in [1.165, 1.54) is 0 Å². The molecule has 1 aliphatic heterocycles. The van der Waals surface area contributed by atoms with E-state index >= 15 is 0 Å². The Balaban J connectivity index is 2.42. The molecular weight excluding hydrogens is 90.1 g/mol. The first-order valence-electron chi connectivity index (χ1n) is 2.27. The predicted molar refractivity (Wildman–Crippen MR) is 28.0 cm³/mol. The molecule has 3 nitrogen and oxygen atoms in total. The Bertz CT molecular complexity index is 97.1. The zero-order valence-electron chi connectivity index (χ0n) is 4.02. The number of nitrogens with two attached hydrogens (primary N) is 2. The lowest BCUT2D eigenvalue weighted by Gasteiger charge is -2.01. The Morgan fingerprint density at radius 2 is 2.57 bits per heavy atom. The Kier molecular flexibility index (Phi) is 0.906. The Hall–Kier alpha value is -0.700. The Labute approximate surface area is 42.4 Å². The first-order chi connectivity index (χ1) is 3.29. The van der Waals surface area contributed by atoms with Crippen LogP contribution in [0.3, 0.4) is 0 Å². The van der Waals surface area contributed by atoms with Gasteiger partial charge in [-0.3, -0.25) is 0 Å². The maximum Gasteiger partial charge on any atom is 0.0932 e. The summed E-state index contributed by atoms with van der Waals surface area (Å²) in [7, 11) is 0. The quantitative estimate of drug-likeness (QED) is 0.367. The summed E-state index contributed by atoms with van der Waals surface area (Å²) in [5.74, 6) is 0.701. The molecule has 1 heterocycles. The third kappa shape index (κ3) is 0.838. The van der Waals surface area contributed by atoms with Crippen LogP contribution >= 0.6 is 0 Å². The van der Waals surface area contributed by atoms with Crippen LogP contribution < -0.4 is 16.8 Å². The van der Waals surface area contributed by atoms with Gasteiger partial charge in [-0.2, -0.15) is 0 Å². The molecule has 1 unspecified atom stereocenters. The lowest BCUT2D eigenvalue weighted by atomic mass is 10.4. The Morgan fingerprint density at radius 3 is 2.71 bits per heavy atom. The summed E-state index contributed by atoms with van der Waals surface area (Å²) < 4.78 is 0. The highest BCUT2D eigenvalue weighted by Gasteiger charge is 2.05. The van der Waals surface area contributed by atoms with Gasteiger partial charge in [-0.05, 0) is 6.08 Å². The number of hydrogen-bond donors (Lipinski definition) is 3. The number of nitrogens with one attached hydrogen (secondary N) is 1. The fraction of sp³-hybridized carbons (Fsp3) is 0.500. The van der Waals surface area contributed by atoms with Gasteiger partial charge in [0.15, 0.2) is 0 Å². The number of hydrogen-bond acceptors (Lipinski definition) is 3. The van der Waals surface area contributed by atoms with Gasteiger partial charge in [-0.25, -0.2) is 0 Å². The normalized spacial score (nSPS) is 29.3. The van der Waals surface area contributed by atoms with Crippen molar-refractivity contribution in [3.8, 4) is 0 Å². The predicted octanol–water partition coefficient (Wildman–Crippen LogP) is -0.935. The molecule has 0 aromatic heterocycles. The van der Waals surface area contributed by atoms with Crippen LogP contribution in [0.2, 0.25) is 0 Å². The van der Waals surface area contributed by atoms with Gasteiger partial charge in [0, 0.05) is 6.42 Å². The van der Waals surface area contributed by atoms with Gasteiger partial charge in [0.2, 0.25) is 0 Å². The second-order valence-electron chi connectivity index (χ2n) is 1.65. The van der Waals surface area contributed by atoms with Crippen LogP contribution in [0.4, 0.5) is 0 Å². The van der Waals surface area contributed by atoms with Crippen LogP contribution in [0.15, 0.2) is 11.9 Å². The van der Waals surface area contributed by atoms with E-state index in [1.54, 1.807) is 0 Å². The van der Waals surface area contributed by atoms with Crippen molar-refractivity contribution in [1.29, 1.82) is 0 Å². The first kappa shape index (κ1) is 4.46. The van der Waals surface area contributed by atoms with Gasteiger partial charge in [-0.15, -0.1) is 0 Å². The minimum Gasteiger partial charge on any atom is -0.386 e. The molecule has 1 rings (SSSR count). The van der Waals surface area contributed by atoms with E-state index in [4.69, 9.17) is 11.5 Å². The van der Waals surface area contributed by atoms with Gasteiger partial charge in [0.25, 0.3) is 0 Å². The molecule has 40 valence electrons. The molecule has 0 spiro atoms. The highest BCUT2D eigenvalue weighted by Crippen LogP contribution is 1.97. The van der Waals surface area contributed by atoms with Crippen LogP contribution in [-0.2, 0) is 0 Å². The molecule has 0 saturated carbocycles. The molecule has 3 heteroatoms. The van der Waals surface area contributed by atoms with Crippen molar-refractivity contribution < 1.29 is 0 Å². The molecule has 0 aromatic rings. The van der Waals surface area contributed by atoms with Gasteiger partial charge in [0.05, 0.1) is 12.0 Å². The fourth-order valence-corrected chi connectivity index (χ4v) is 0.586. The van der Waals surface area contributed by atoms with Crippen LogP contribution in [0.25, 0.3) is 0 Å².